The molecule has 0 spiro atoms. The largest absolute Gasteiger partial charge is 0.451 e. The minimum absolute atomic E-state index is 0.0825. The lowest BCUT2D eigenvalue weighted by Crippen LogP contribution is -2.34. The van der Waals surface area contributed by atoms with Crippen molar-refractivity contribution in [3.63, 3.8) is 0 Å². The van der Waals surface area contributed by atoms with Crippen molar-refractivity contribution in [1.29, 1.82) is 0 Å². The minimum Gasteiger partial charge on any atom is -0.451 e. The predicted octanol–water partition coefficient (Wildman–Crippen LogP) is 3.43. The van der Waals surface area contributed by atoms with Crippen molar-refractivity contribution >= 4 is 29.3 Å². The smallest absolute Gasteiger partial charge is 0.340 e. The average molecular weight is 415 g/mol. The van der Waals surface area contributed by atoms with Crippen molar-refractivity contribution in [1.82, 2.24) is 0 Å². The molecule has 0 aromatic heterocycles. The van der Waals surface area contributed by atoms with Gasteiger partial charge in [-0.1, -0.05) is 54.6 Å². The molecule has 1 heterocycles. The molecule has 1 saturated carbocycles. The van der Waals surface area contributed by atoms with Crippen LogP contribution in [0, 0.1) is 23.7 Å². The summed E-state index contributed by atoms with van der Waals surface area (Å²) in [5.74, 6) is -2.14. The lowest BCUT2D eigenvalue weighted by molar-refractivity contribution is -0.123. The highest BCUT2D eigenvalue weighted by molar-refractivity contribution is 6.24. The fraction of sp³-hybridized carbons (Fsp3) is 0.280. The van der Waals surface area contributed by atoms with E-state index in [4.69, 9.17) is 4.74 Å². The number of amides is 2. The van der Waals surface area contributed by atoms with E-state index in [1.54, 1.807) is 48.5 Å². The van der Waals surface area contributed by atoms with Gasteiger partial charge in [-0.2, -0.15) is 0 Å². The highest BCUT2D eigenvalue weighted by atomic mass is 16.5. The summed E-state index contributed by atoms with van der Waals surface area (Å²) >= 11 is 0. The Bertz CT molecular complexity index is 1090. The molecule has 1 aliphatic heterocycles. The zero-order chi connectivity index (χ0) is 21.7. The molecule has 0 N–H and O–H groups in total. The summed E-state index contributed by atoms with van der Waals surface area (Å²) in [6, 6.07) is 15.0. The lowest BCUT2D eigenvalue weighted by Gasteiger charge is -2.20. The quantitative estimate of drug-likeness (QED) is 0.324. The fourth-order valence-corrected chi connectivity index (χ4v) is 5.10. The maximum absolute atomic E-state index is 13.1. The molecular weight excluding hydrogens is 394 g/mol. The third-order valence-corrected chi connectivity index (χ3v) is 6.55. The third-order valence-electron chi connectivity index (χ3n) is 6.55. The summed E-state index contributed by atoms with van der Waals surface area (Å²) in [5, 5.41) is 0. The number of Topliss-reactive ketones (excluding diaryl/α,β-unsaturated/α-hetero) is 1. The number of hydrogen-bond donors (Lipinski definition) is 0. The fourth-order valence-electron chi connectivity index (χ4n) is 5.10. The number of benzene rings is 2. The maximum atomic E-state index is 13.1. The summed E-state index contributed by atoms with van der Waals surface area (Å²) in [6.45, 7) is 1.51. The number of fused-ring (bicyclic) bond motifs is 5. The van der Waals surface area contributed by atoms with Crippen LogP contribution in [0.5, 0.6) is 0 Å². The second-order valence-electron chi connectivity index (χ2n) is 8.31. The number of esters is 1. The van der Waals surface area contributed by atoms with Gasteiger partial charge in [-0.05, 0) is 37.3 Å². The van der Waals surface area contributed by atoms with Crippen LogP contribution < -0.4 is 4.90 Å². The highest BCUT2D eigenvalue weighted by Crippen LogP contribution is 2.53. The van der Waals surface area contributed by atoms with Crippen LogP contribution in [0.4, 0.5) is 5.69 Å². The van der Waals surface area contributed by atoms with E-state index >= 15 is 0 Å². The molecule has 31 heavy (non-hydrogen) atoms. The Kier molecular flexibility index (Phi) is 4.58. The number of allylic oxidation sites excluding steroid dienone is 2. The van der Waals surface area contributed by atoms with Crippen LogP contribution in [0.1, 0.15) is 34.1 Å². The van der Waals surface area contributed by atoms with Crippen molar-refractivity contribution in [2.75, 3.05) is 4.90 Å². The molecule has 6 heteroatoms. The van der Waals surface area contributed by atoms with Crippen molar-refractivity contribution in [3.05, 3.63) is 77.9 Å². The third kappa shape index (κ3) is 3.02. The van der Waals surface area contributed by atoms with Crippen LogP contribution in [-0.4, -0.2) is 29.7 Å². The van der Waals surface area contributed by atoms with Crippen molar-refractivity contribution in [2.45, 2.75) is 19.4 Å². The van der Waals surface area contributed by atoms with Gasteiger partial charge in [-0.15, -0.1) is 0 Å². The number of carbonyl (C=O) groups is 4. The van der Waals surface area contributed by atoms with Gasteiger partial charge in [0.2, 0.25) is 17.6 Å². The van der Waals surface area contributed by atoms with Crippen molar-refractivity contribution in [3.8, 4) is 0 Å². The summed E-state index contributed by atoms with van der Waals surface area (Å²) in [5.41, 5.74) is 0.754. The molecule has 156 valence electrons. The molecule has 2 amide bonds. The molecule has 2 aliphatic carbocycles. The second-order valence-corrected chi connectivity index (χ2v) is 8.31. The topological polar surface area (TPSA) is 80.8 Å². The molecule has 0 radical (unpaired) electrons. The van der Waals surface area contributed by atoms with Gasteiger partial charge in [0.1, 0.15) is 0 Å². The predicted molar refractivity (Wildman–Crippen MR) is 112 cm³/mol. The van der Waals surface area contributed by atoms with Crippen LogP contribution in [0.2, 0.25) is 0 Å². The van der Waals surface area contributed by atoms with Gasteiger partial charge < -0.3 is 4.74 Å². The Morgan fingerprint density at radius 3 is 2.13 bits per heavy atom. The number of imide groups is 1. The van der Waals surface area contributed by atoms with Gasteiger partial charge in [0, 0.05) is 5.56 Å². The van der Waals surface area contributed by atoms with Gasteiger partial charge in [-0.25, -0.2) is 9.69 Å². The van der Waals surface area contributed by atoms with Gasteiger partial charge in [-0.3, -0.25) is 14.4 Å². The molecule has 0 unspecified atom stereocenters. The van der Waals surface area contributed by atoms with E-state index < -0.39 is 12.1 Å². The summed E-state index contributed by atoms with van der Waals surface area (Å²) in [6.07, 6.45) is 3.88. The summed E-state index contributed by atoms with van der Waals surface area (Å²) in [4.78, 5) is 52.9. The van der Waals surface area contributed by atoms with E-state index in [9.17, 15) is 19.2 Å². The number of anilines is 1. The van der Waals surface area contributed by atoms with E-state index in [1.807, 2.05) is 12.2 Å². The van der Waals surface area contributed by atoms with Crippen LogP contribution in [0.25, 0.3) is 0 Å². The van der Waals surface area contributed by atoms with Crippen LogP contribution in [0.15, 0.2) is 66.7 Å². The second kappa shape index (κ2) is 7.30. The molecule has 5 atom stereocenters. The molecule has 5 rings (SSSR count). The summed E-state index contributed by atoms with van der Waals surface area (Å²) < 4.78 is 5.42. The van der Waals surface area contributed by atoms with Gasteiger partial charge in [0.25, 0.3) is 0 Å². The first kappa shape index (κ1) is 19.4. The average Bonchev–Trinajstić information content (AvgIpc) is 3.47. The molecule has 3 aliphatic rings. The van der Waals surface area contributed by atoms with E-state index in [2.05, 4.69) is 0 Å². The molecule has 2 aromatic rings. The van der Waals surface area contributed by atoms with Crippen LogP contribution >= 0.6 is 0 Å². The highest BCUT2D eigenvalue weighted by Gasteiger charge is 2.59. The number of carbonyl (C=O) groups excluding carboxylic acids is 4. The molecule has 6 nitrogen and oxygen atoms in total. The van der Waals surface area contributed by atoms with Gasteiger partial charge >= 0.3 is 5.97 Å². The van der Waals surface area contributed by atoms with Crippen molar-refractivity contribution < 1.29 is 23.9 Å². The Morgan fingerprint density at radius 2 is 1.48 bits per heavy atom. The first-order chi connectivity index (χ1) is 15.0. The maximum Gasteiger partial charge on any atom is 0.340 e. The molecule has 2 fully saturated rings. The normalized spacial score (nSPS) is 26.8. The van der Waals surface area contributed by atoms with Crippen LogP contribution in [0.3, 0.4) is 0 Å². The van der Waals surface area contributed by atoms with Gasteiger partial charge in [0.05, 0.1) is 23.1 Å². The summed E-state index contributed by atoms with van der Waals surface area (Å²) in [7, 11) is 0. The molecular formula is C25H21NO5. The number of nitrogens with zero attached hydrogens (tertiary/aromatic N) is 1. The van der Waals surface area contributed by atoms with E-state index in [1.165, 1.54) is 13.0 Å². The van der Waals surface area contributed by atoms with Crippen LogP contribution in [-0.2, 0) is 14.3 Å². The Morgan fingerprint density at radius 1 is 0.903 bits per heavy atom. The zero-order valence-electron chi connectivity index (χ0n) is 16.9. The Hall–Kier alpha value is -3.54. The first-order valence-electron chi connectivity index (χ1n) is 10.4. The minimum atomic E-state index is -1.01. The molecule has 2 aromatic carbocycles. The number of para-hydroxylation sites is 1. The number of ether oxygens (including phenoxy) is 1. The van der Waals surface area contributed by atoms with E-state index in [0.717, 1.165) is 11.3 Å². The van der Waals surface area contributed by atoms with E-state index in [-0.39, 0.29) is 52.5 Å². The van der Waals surface area contributed by atoms with Gasteiger partial charge in [0.15, 0.2) is 6.10 Å². The Labute approximate surface area is 179 Å². The number of hydrogen-bond acceptors (Lipinski definition) is 5. The number of rotatable bonds is 5. The SMILES string of the molecule is C[C@@H](OC(=O)c1ccccc1N1C(=O)[C@@H]2[C@H](C1=O)[C@H]1C=C[C@@H]2C1)C(=O)c1ccccc1. The molecule has 2 bridgehead atoms. The van der Waals surface area contributed by atoms with E-state index in [0.29, 0.717) is 5.56 Å². The first-order valence-corrected chi connectivity index (χ1v) is 10.4. The monoisotopic (exact) mass is 415 g/mol. The Balaban J connectivity index is 1.40. The molecule has 1 saturated heterocycles. The standard InChI is InChI=1S/C25H21NO5/c1-14(22(27)15-7-3-2-4-8-15)31-25(30)18-9-5-6-10-19(18)26-23(28)20-16-11-12-17(13-16)21(20)24(26)29/h2-12,14,16-17,20-21H,13H2,1H3/t14-,16-,17+,20+,21-/m1/s1. The number of ketones is 1. The zero-order valence-corrected chi connectivity index (χ0v) is 16.9. The van der Waals surface area contributed by atoms with Crippen molar-refractivity contribution in [2.24, 2.45) is 23.7 Å². The lowest BCUT2D eigenvalue weighted by atomic mass is 9.85.